The molecule has 2 heterocycles. The number of fused-ring (bicyclic) bond motifs is 1. The number of nitrogens with one attached hydrogen (secondary N) is 1. The number of nitrogens with zero attached hydrogens (tertiary/aromatic N) is 4. The highest BCUT2D eigenvalue weighted by Gasteiger charge is 2.10. The maximum atomic E-state index is 11.9. The van der Waals surface area contributed by atoms with E-state index in [0.717, 1.165) is 5.01 Å². The normalized spacial score (nSPS) is 11.0. The molecule has 0 saturated heterocycles. The van der Waals surface area contributed by atoms with E-state index >= 15 is 0 Å². The van der Waals surface area contributed by atoms with E-state index in [1.165, 1.54) is 17.7 Å². The largest absolute Gasteiger partial charge is 0.325 e. The Labute approximate surface area is 133 Å². The van der Waals surface area contributed by atoms with Gasteiger partial charge >= 0.3 is 0 Å². The van der Waals surface area contributed by atoms with Crippen molar-refractivity contribution in [2.75, 3.05) is 5.32 Å². The number of aryl methyl sites for hydroxylation is 1. The number of hydrogen-bond acceptors (Lipinski definition) is 5. The summed E-state index contributed by atoms with van der Waals surface area (Å²) in [6.45, 7) is 0. The van der Waals surface area contributed by atoms with E-state index in [4.69, 9.17) is 23.2 Å². The van der Waals surface area contributed by atoms with Crippen molar-refractivity contribution >= 4 is 51.1 Å². The van der Waals surface area contributed by atoms with Gasteiger partial charge in [-0.3, -0.25) is 4.79 Å². The molecular weight excluding hydrogens is 333 g/mol. The van der Waals surface area contributed by atoms with Crippen LogP contribution in [0.2, 0.25) is 10.0 Å². The van der Waals surface area contributed by atoms with E-state index < -0.39 is 0 Å². The molecule has 9 heteroatoms. The second-order valence-electron chi connectivity index (χ2n) is 4.23. The van der Waals surface area contributed by atoms with Crippen LogP contribution in [0, 0.1) is 0 Å². The summed E-state index contributed by atoms with van der Waals surface area (Å²) < 4.78 is 1.59. The molecule has 3 rings (SSSR count). The van der Waals surface area contributed by atoms with Crippen LogP contribution in [0.5, 0.6) is 0 Å². The Hall–Kier alpha value is -1.70. The Morgan fingerprint density at radius 1 is 1.38 bits per heavy atom. The van der Waals surface area contributed by atoms with E-state index in [9.17, 15) is 4.79 Å². The summed E-state index contributed by atoms with van der Waals surface area (Å²) in [5, 5.41) is 16.4. The summed E-state index contributed by atoms with van der Waals surface area (Å²) in [5.41, 5.74) is 0.546. The van der Waals surface area contributed by atoms with Gasteiger partial charge in [0.25, 0.3) is 0 Å². The van der Waals surface area contributed by atoms with E-state index in [0.29, 0.717) is 33.5 Å². The third kappa shape index (κ3) is 3.31. The highest BCUT2D eigenvalue weighted by Crippen LogP contribution is 2.25. The molecule has 0 saturated carbocycles. The van der Waals surface area contributed by atoms with Gasteiger partial charge in [-0.1, -0.05) is 34.5 Å². The van der Waals surface area contributed by atoms with Crippen molar-refractivity contribution in [2.24, 2.45) is 0 Å². The zero-order chi connectivity index (χ0) is 14.8. The third-order valence-corrected chi connectivity index (χ3v) is 4.22. The molecular formula is C12H9Cl2N5OS. The number of halogens is 2. The van der Waals surface area contributed by atoms with Crippen LogP contribution in [0.15, 0.2) is 24.5 Å². The molecule has 1 aromatic carbocycles. The Balaban J connectivity index is 1.60. The second kappa shape index (κ2) is 5.97. The summed E-state index contributed by atoms with van der Waals surface area (Å²) in [6.07, 6.45) is 2.37. The smallest absolute Gasteiger partial charge is 0.234 e. The molecule has 21 heavy (non-hydrogen) atoms. The lowest BCUT2D eigenvalue weighted by Gasteiger charge is -2.06. The molecule has 108 valence electrons. The summed E-state index contributed by atoms with van der Waals surface area (Å²) in [4.78, 5) is 12.6. The van der Waals surface area contributed by atoms with Crippen molar-refractivity contribution in [3.05, 3.63) is 39.6 Å². The van der Waals surface area contributed by atoms with E-state index in [1.807, 2.05) is 0 Å². The average Bonchev–Trinajstić information content (AvgIpc) is 3.00. The lowest BCUT2D eigenvalue weighted by atomic mass is 10.2. The van der Waals surface area contributed by atoms with E-state index in [-0.39, 0.29) is 5.91 Å². The molecule has 0 bridgehead atoms. The Morgan fingerprint density at radius 3 is 3.00 bits per heavy atom. The molecule has 0 radical (unpaired) electrons. The minimum atomic E-state index is -0.134. The van der Waals surface area contributed by atoms with Gasteiger partial charge in [0.1, 0.15) is 11.3 Å². The van der Waals surface area contributed by atoms with Gasteiger partial charge in [-0.15, -0.1) is 10.2 Å². The molecule has 6 nitrogen and oxygen atoms in total. The molecule has 0 aliphatic heterocycles. The fourth-order valence-electron chi connectivity index (χ4n) is 1.73. The average molecular weight is 342 g/mol. The fraction of sp³-hybridized carbons (Fsp3) is 0.167. The van der Waals surface area contributed by atoms with Crippen molar-refractivity contribution in [2.45, 2.75) is 12.8 Å². The first-order valence-corrected chi connectivity index (χ1v) is 7.60. The molecule has 0 fully saturated rings. The molecule has 0 spiro atoms. The number of rotatable bonds is 4. The van der Waals surface area contributed by atoms with Crippen LogP contribution < -0.4 is 5.32 Å². The molecule has 0 atom stereocenters. The van der Waals surface area contributed by atoms with Gasteiger partial charge in [0.05, 0.1) is 10.7 Å². The zero-order valence-corrected chi connectivity index (χ0v) is 12.9. The SMILES string of the molecule is O=C(CCc1nn2cnnc2s1)Nc1ccc(Cl)cc1Cl. The number of aromatic nitrogens is 4. The summed E-state index contributed by atoms with van der Waals surface area (Å²) >= 11 is 13.2. The van der Waals surface area contributed by atoms with Gasteiger partial charge in [0, 0.05) is 17.9 Å². The molecule has 0 unspecified atom stereocenters. The number of carbonyl (C=O) groups excluding carboxylic acids is 1. The van der Waals surface area contributed by atoms with Crippen LogP contribution in [0.3, 0.4) is 0 Å². The highest BCUT2D eigenvalue weighted by atomic mass is 35.5. The van der Waals surface area contributed by atoms with Gasteiger partial charge in [-0.2, -0.15) is 9.61 Å². The predicted molar refractivity (Wildman–Crippen MR) is 82.1 cm³/mol. The summed E-state index contributed by atoms with van der Waals surface area (Å²) in [5.74, 6) is -0.134. The highest BCUT2D eigenvalue weighted by molar-refractivity contribution is 7.16. The molecule has 2 aromatic heterocycles. The molecule has 1 N–H and O–H groups in total. The van der Waals surface area contributed by atoms with Crippen LogP contribution in [-0.4, -0.2) is 25.7 Å². The van der Waals surface area contributed by atoms with Gasteiger partial charge in [0.2, 0.25) is 10.9 Å². The van der Waals surface area contributed by atoms with Crippen LogP contribution in [0.25, 0.3) is 4.96 Å². The van der Waals surface area contributed by atoms with Crippen LogP contribution in [0.4, 0.5) is 5.69 Å². The Kier molecular flexibility index (Phi) is 4.05. The van der Waals surface area contributed by atoms with Crippen molar-refractivity contribution in [1.82, 2.24) is 19.8 Å². The number of hydrogen-bond donors (Lipinski definition) is 1. The fourth-order valence-corrected chi connectivity index (χ4v) is 2.99. The third-order valence-electron chi connectivity index (χ3n) is 2.70. The van der Waals surface area contributed by atoms with E-state index in [1.54, 1.807) is 22.7 Å². The maximum absolute atomic E-state index is 11.9. The number of carbonyl (C=O) groups is 1. The lowest BCUT2D eigenvalue weighted by Crippen LogP contribution is -2.12. The second-order valence-corrected chi connectivity index (χ2v) is 6.11. The molecule has 0 aliphatic rings. The van der Waals surface area contributed by atoms with Gasteiger partial charge in [-0.05, 0) is 18.2 Å². The lowest BCUT2D eigenvalue weighted by molar-refractivity contribution is -0.116. The first-order valence-electron chi connectivity index (χ1n) is 6.02. The number of anilines is 1. The zero-order valence-electron chi connectivity index (χ0n) is 10.6. The Morgan fingerprint density at radius 2 is 2.24 bits per heavy atom. The molecule has 1 amide bonds. The Bertz CT molecular complexity index is 771. The maximum Gasteiger partial charge on any atom is 0.234 e. The number of amides is 1. The first kappa shape index (κ1) is 14.2. The first-order chi connectivity index (χ1) is 10.1. The molecule has 3 aromatic rings. The quantitative estimate of drug-likeness (QED) is 0.791. The van der Waals surface area contributed by atoms with Crippen LogP contribution in [-0.2, 0) is 11.2 Å². The van der Waals surface area contributed by atoms with E-state index in [2.05, 4.69) is 20.6 Å². The van der Waals surface area contributed by atoms with Crippen molar-refractivity contribution in [3.8, 4) is 0 Å². The van der Waals surface area contributed by atoms with Gasteiger partial charge in [-0.25, -0.2) is 0 Å². The molecule has 0 aliphatic carbocycles. The summed E-state index contributed by atoms with van der Waals surface area (Å²) in [7, 11) is 0. The van der Waals surface area contributed by atoms with Gasteiger partial charge < -0.3 is 5.32 Å². The van der Waals surface area contributed by atoms with Crippen molar-refractivity contribution < 1.29 is 4.79 Å². The van der Waals surface area contributed by atoms with Crippen molar-refractivity contribution in [1.29, 1.82) is 0 Å². The van der Waals surface area contributed by atoms with Crippen molar-refractivity contribution in [3.63, 3.8) is 0 Å². The topological polar surface area (TPSA) is 72.2 Å². The minimum absolute atomic E-state index is 0.134. The minimum Gasteiger partial charge on any atom is -0.325 e. The van der Waals surface area contributed by atoms with Crippen LogP contribution in [0.1, 0.15) is 11.4 Å². The summed E-state index contributed by atoms with van der Waals surface area (Å²) in [6, 6.07) is 4.93. The number of benzene rings is 1. The monoisotopic (exact) mass is 341 g/mol. The van der Waals surface area contributed by atoms with Gasteiger partial charge in [0.15, 0.2) is 0 Å². The van der Waals surface area contributed by atoms with Crippen LogP contribution >= 0.6 is 34.5 Å². The standard InChI is InChI=1S/C12H9Cl2N5OS/c13-7-1-2-9(8(14)5-7)16-10(20)3-4-11-18-19-6-15-17-12(19)21-11/h1-2,5-6H,3-4H2,(H,16,20). The predicted octanol–water partition coefficient (Wildman–Crippen LogP) is 3.06.